The Labute approximate surface area is 167 Å². The lowest BCUT2D eigenvalue weighted by Gasteiger charge is -2.12. The number of anilines is 1. The number of rotatable bonds is 7. The molecule has 0 atom stereocenters. The summed E-state index contributed by atoms with van der Waals surface area (Å²) < 4.78 is 4.87. The van der Waals surface area contributed by atoms with Crippen LogP contribution in [-0.4, -0.2) is 28.2 Å². The van der Waals surface area contributed by atoms with Gasteiger partial charge in [-0.15, -0.1) is 11.3 Å². The first kappa shape index (κ1) is 19.7. The highest BCUT2D eigenvalue weighted by molar-refractivity contribution is 7.14. The Bertz CT molecular complexity index is 1100. The third-order valence-electron chi connectivity index (χ3n) is 3.73. The SMILES string of the molecule is COc1cc(C=NNc2nc(-c3ccc([N+](=O)[O-])cc3)cs2)cc([N+](=O)[O-])c1[O-]. The van der Waals surface area contributed by atoms with Crippen molar-refractivity contribution in [3.05, 3.63) is 67.6 Å². The number of nitro benzene ring substituents is 2. The summed E-state index contributed by atoms with van der Waals surface area (Å²) >= 11 is 1.26. The van der Waals surface area contributed by atoms with Gasteiger partial charge in [0, 0.05) is 40.5 Å². The fourth-order valence-corrected chi connectivity index (χ4v) is 3.01. The van der Waals surface area contributed by atoms with Gasteiger partial charge < -0.3 is 9.84 Å². The summed E-state index contributed by atoms with van der Waals surface area (Å²) in [6.07, 6.45) is 1.29. The number of aromatic nitrogens is 1. The van der Waals surface area contributed by atoms with Crippen molar-refractivity contribution in [3.63, 3.8) is 0 Å². The Hall–Kier alpha value is -4.06. The largest absolute Gasteiger partial charge is 0.865 e. The zero-order valence-electron chi connectivity index (χ0n) is 14.8. The van der Waals surface area contributed by atoms with Gasteiger partial charge in [0.15, 0.2) is 0 Å². The van der Waals surface area contributed by atoms with Gasteiger partial charge >= 0.3 is 0 Å². The van der Waals surface area contributed by atoms with Crippen LogP contribution in [0.5, 0.6) is 11.5 Å². The number of benzene rings is 2. The quantitative estimate of drug-likeness (QED) is 0.351. The molecule has 0 saturated carbocycles. The fourth-order valence-electron chi connectivity index (χ4n) is 2.34. The van der Waals surface area contributed by atoms with E-state index >= 15 is 0 Å². The van der Waals surface area contributed by atoms with Crippen LogP contribution in [0.15, 0.2) is 46.9 Å². The topological polar surface area (TPSA) is 156 Å². The smallest absolute Gasteiger partial charge is 0.269 e. The van der Waals surface area contributed by atoms with Gasteiger partial charge in [-0.3, -0.25) is 25.7 Å². The molecule has 0 radical (unpaired) electrons. The van der Waals surface area contributed by atoms with E-state index in [9.17, 15) is 25.3 Å². The van der Waals surface area contributed by atoms with E-state index in [1.165, 1.54) is 42.9 Å². The number of nitro groups is 2. The first-order chi connectivity index (χ1) is 13.9. The summed E-state index contributed by atoms with van der Waals surface area (Å²) in [6, 6.07) is 8.40. The molecule has 3 aromatic rings. The molecular weight excluding hydrogens is 402 g/mol. The molecule has 0 amide bonds. The molecule has 0 unspecified atom stereocenters. The van der Waals surface area contributed by atoms with Gasteiger partial charge in [-0.2, -0.15) is 5.10 Å². The van der Waals surface area contributed by atoms with Gasteiger partial charge in [0.2, 0.25) is 5.13 Å². The lowest BCUT2D eigenvalue weighted by molar-refractivity contribution is -0.398. The Morgan fingerprint density at radius 3 is 2.52 bits per heavy atom. The molecule has 11 nitrogen and oxygen atoms in total. The number of non-ortho nitro benzene ring substituents is 1. The minimum atomic E-state index is -0.810. The normalized spacial score (nSPS) is 10.8. The van der Waals surface area contributed by atoms with Gasteiger partial charge in [0.25, 0.3) is 11.4 Å². The van der Waals surface area contributed by atoms with Crippen molar-refractivity contribution in [2.24, 2.45) is 5.10 Å². The second-order valence-electron chi connectivity index (χ2n) is 5.54. The van der Waals surface area contributed by atoms with Crippen molar-refractivity contribution in [1.82, 2.24) is 4.98 Å². The van der Waals surface area contributed by atoms with Crippen molar-refractivity contribution in [1.29, 1.82) is 0 Å². The van der Waals surface area contributed by atoms with E-state index in [0.29, 0.717) is 22.0 Å². The lowest BCUT2D eigenvalue weighted by atomic mass is 10.1. The van der Waals surface area contributed by atoms with Crippen molar-refractivity contribution >= 4 is 34.1 Å². The number of nitrogens with one attached hydrogen (secondary N) is 1. The summed E-state index contributed by atoms with van der Waals surface area (Å²) in [6.45, 7) is 0. The third-order valence-corrected chi connectivity index (χ3v) is 4.47. The van der Waals surface area contributed by atoms with Gasteiger partial charge in [-0.1, -0.05) is 0 Å². The highest BCUT2D eigenvalue weighted by atomic mass is 32.1. The Balaban J connectivity index is 1.74. The van der Waals surface area contributed by atoms with Crippen LogP contribution in [0.4, 0.5) is 16.5 Å². The van der Waals surface area contributed by atoms with Crippen LogP contribution in [0.3, 0.4) is 0 Å². The highest BCUT2D eigenvalue weighted by Gasteiger charge is 2.13. The number of hydrogen-bond acceptors (Lipinski definition) is 10. The molecule has 3 rings (SSSR count). The predicted molar refractivity (Wildman–Crippen MR) is 105 cm³/mol. The fraction of sp³-hybridized carbons (Fsp3) is 0.0588. The van der Waals surface area contributed by atoms with Crippen LogP contribution in [0.2, 0.25) is 0 Å². The standard InChI is InChI=1S/C17H13N5O6S/c1-28-15-7-10(6-14(16(15)23)22(26)27)8-18-20-17-19-13(9-29-17)11-2-4-12(5-3-11)21(24)25/h2-9,23H,1H3,(H,19,20)/p-1. The van der Waals surface area contributed by atoms with Gasteiger partial charge in [0.05, 0.1) is 28.9 Å². The molecule has 29 heavy (non-hydrogen) atoms. The van der Waals surface area contributed by atoms with E-state index in [1.807, 2.05) is 0 Å². The molecule has 0 spiro atoms. The predicted octanol–water partition coefficient (Wildman–Crippen LogP) is 3.15. The summed E-state index contributed by atoms with van der Waals surface area (Å²) in [5.41, 5.74) is 3.68. The maximum absolute atomic E-state index is 11.8. The van der Waals surface area contributed by atoms with Crippen LogP contribution >= 0.6 is 11.3 Å². The molecule has 0 saturated heterocycles. The maximum Gasteiger partial charge on any atom is 0.269 e. The Morgan fingerprint density at radius 2 is 1.90 bits per heavy atom. The highest BCUT2D eigenvalue weighted by Crippen LogP contribution is 2.34. The van der Waals surface area contributed by atoms with E-state index in [2.05, 4.69) is 15.5 Å². The summed E-state index contributed by atoms with van der Waals surface area (Å²) in [5.74, 6) is -0.967. The van der Waals surface area contributed by atoms with Crippen LogP contribution in [0, 0.1) is 20.2 Å². The summed E-state index contributed by atoms with van der Waals surface area (Å²) in [4.78, 5) is 24.7. The Morgan fingerprint density at radius 1 is 1.17 bits per heavy atom. The van der Waals surface area contributed by atoms with E-state index in [-0.39, 0.29) is 11.4 Å². The van der Waals surface area contributed by atoms with Crippen molar-refractivity contribution in [2.75, 3.05) is 12.5 Å². The number of hydrogen-bond donors (Lipinski definition) is 1. The molecule has 0 aliphatic rings. The Kier molecular flexibility index (Phi) is 5.64. The number of ether oxygens (including phenoxy) is 1. The third kappa shape index (κ3) is 4.44. The lowest BCUT2D eigenvalue weighted by Crippen LogP contribution is -2.02. The average Bonchev–Trinajstić information content (AvgIpc) is 3.17. The molecule has 1 aromatic heterocycles. The first-order valence-corrected chi connectivity index (χ1v) is 8.80. The molecule has 148 valence electrons. The van der Waals surface area contributed by atoms with Crippen LogP contribution in [-0.2, 0) is 0 Å². The number of methoxy groups -OCH3 is 1. The molecule has 0 fully saturated rings. The van der Waals surface area contributed by atoms with Crippen LogP contribution in [0.25, 0.3) is 11.3 Å². The van der Waals surface area contributed by atoms with Gasteiger partial charge in [0.1, 0.15) is 5.75 Å². The average molecular weight is 414 g/mol. The number of hydrazone groups is 1. The van der Waals surface area contributed by atoms with Gasteiger partial charge in [-0.25, -0.2) is 4.98 Å². The maximum atomic E-state index is 11.8. The van der Waals surface area contributed by atoms with E-state index in [4.69, 9.17) is 4.74 Å². The molecule has 12 heteroatoms. The first-order valence-electron chi connectivity index (χ1n) is 7.92. The minimum absolute atomic E-state index is 0.0134. The zero-order chi connectivity index (χ0) is 21.0. The van der Waals surface area contributed by atoms with E-state index in [1.54, 1.807) is 17.5 Å². The minimum Gasteiger partial charge on any atom is -0.865 e. The molecule has 0 aliphatic heterocycles. The van der Waals surface area contributed by atoms with E-state index in [0.717, 1.165) is 6.07 Å². The number of nitrogens with zero attached hydrogens (tertiary/aromatic N) is 4. The molecule has 2 aromatic carbocycles. The monoisotopic (exact) mass is 414 g/mol. The van der Waals surface area contributed by atoms with Crippen LogP contribution in [0.1, 0.15) is 5.56 Å². The summed E-state index contributed by atoms with van der Waals surface area (Å²) in [5, 5.41) is 39.7. The van der Waals surface area contributed by atoms with Gasteiger partial charge in [-0.05, 0) is 18.2 Å². The molecule has 0 aliphatic carbocycles. The van der Waals surface area contributed by atoms with E-state index < -0.39 is 21.3 Å². The van der Waals surface area contributed by atoms with Crippen molar-refractivity contribution < 1.29 is 19.7 Å². The van der Waals surface area contributed by atoms with Crippen molar-refractivity contribution in [3.8, 4) is 22.8 Å². The summed E-state index contributed by atoms with van der Waals surface area (Å²) in [7, 11) is 1.24. The molecular formula is C17H12N5O6S-. The van der Waals surface area contributed by atoms with Crippen molar-refractivity contribution in [2.45, 2.75) is 0 Å². The second kappa shape index (κ2) is 8.31. The number of thiazole rings is 1. The molecule has 0 bridgehead atoms. The molecule has 1 heterocycles. The molecule has 1 N–H and O–H groups in total. The zero-order valence-corrected chi connectivity index (χ0v) is 15.6. The second-order valence-corrected chi connectivity index (χ2v) is 6.40. The van der Waals surface area contributed by atoms with Crippen LogP contribution < -0.4 is 15.3 Å².